The molecule has 0 bridgehead atoms. The van der Waals surface area contributed by atoms with Gasteiger partial charge in [-0.3, -0.25) is 4.79 Å². The van der Waals surface area contributed by atoms with E-state index in [1.165, 1.54) is 25.6 Å². The Labute approximate surface area is 294 Å². The lowest BCUT2D eigenvalue weighted by Gasteiger charge is -2.41. The van der Waals surface area contributed by atoms with Gasteiger partial charge in [0.05, 0.1) is 39.5 Å². The Morgan fingerprint density at radius 3 is 2.10 bits per heavy atom. The van der Waals surface area contributed by atoms with Crippen molar-refractivity contribution in [3.05, 3.63) is 58.7 Å². The number of benzene rings is 2. The van der Waals surface area contributed by atoms with Crippen LogP contribution in [0.2, 0.25) is 18.1 Å². The van der Waals surface area contributed by atoms with Crippen molar-refractivity contribution < 1.29 is 46.4 Å². The lowest BCUT2D eigenvalue weighted by Crippen LogP contribution is -2.45. The molecule has 0 spiro atoms. The average molecular weight is 724 g/mol. The van der Waals surface area contributed by atoms with Crippen molar-refractivity contribution in [1.29, 1.82) is 0 Å². The van der Waals surface area contributed by atoms with Crippen LogP contribution in [0.1, 0.15) is 83.2 Å². The molecule has 0 amide bonds. The number of hydrogen-bond acceptors (Lipinski definition) is 10. The Bertz CT molecular complexity index is 1530. The van der Waals surface area contributed by atoms with Gasteiger partial charge in [0.15, 0.2) is 15.1 Å². The van der Waals surface area contributed by atoms with Crippen molar-refractivity contribution in [3.63, 3.8) is 0 Å². The summed E-state index contributed by atoms with van der Waals surface area (Å²) in [6, 6.07) is 11.2. The molecule has 1 aliphatic heterocycles. The van der Waals surface area contributed by atoms with Crippen molar-refractivity contribution in [1.82, 2.24) is 4.31 Å². The fourth-order valence-corrected chi connectivity index (χ4v) is 9.10. The molecule has 0 aromatic heterocycles. The predicted octanol–water partition coefficient (Wildman–Crippen LogP) is 6.65. The van der Waals surface area contributed by atoms with E-state index in [1.807, 2.05) is 50.2 Å². The standard InChI is InChI=1S/C36H57NO10SSi/c1-34(2,3)49(12,13)47-31(30-18-19-37(48(30,39)40)22-25-14-16-27(42-9)17-15-25)26-20-28(35(4,5)23-46-44-11)32(45-24-41-8)29(21-26)36(6,7)33(38)43-10/h14-17,20-21,30-31H,18-19,22-24H2,1-13H3/t30-,31+/m0/s1. The second-order valence-electron chi connectivity index (χ2n) is 15.3. The highest BCUT2D eigenvalue weighted by atomic mass is 32.2. The number of esters is 1. The first-order valence-electron chi connectivity index (χ1n) is 16.5. The Morgan fingerprint density at radius 1 is 0.959 bits per heavy atom. The van der Waals surface area contributed by atoms with Crippen molar-refractivity contribution in [2.75, 3.05) is 48.4 Å². The molecule has 1 saturated heterocycles. The topological polar surface area (TPSA) is 119 Å². The first-order chi connectivity index (χ1) is 22.7. The highest BCUT2D eigenvalue weighted by molar-refractivity contribution is 7.90. The van der Waals surface area contributed by atoms with Gasteiger partial charge in [0, 0.05) is 36.7 Å². The van der Waals surface area contributed by atoms with Crippen LogP contribution in [0.15, 0.2) is 36.4 Å². The molecular weight excluding hydrogens is 667 g/mol. The molecule has 2 aromatic rings. The Morgan fingerprint density at radius 2 is 1.57 bits per heavy atom. The van der Waals surface area contributed by atoms with Gasteiger partial charge < -0.3 is 23.4 Å². The van der Waals surface area contributed by atoms with E-state index in [9.17, 15) is 13.2 Å². The number of nitrogens with zero attached hydrogens (tertiary/aromatic N) is 1. The fourth-order valence-electron chi connectivity index (χ4n) is 5.71. The number of methoxy groups -OCH3 is 3. The zero-order chi connectivity index (χ0) is 37.0. The van der Waals surface area contributed by atoms with E-state index in [2.05, 4.69) is 33.9 Å². The number of sulfonamides is 1. The fraction of sp³-hybridized carbons (Fsp3) is 0.639. The van der Waals surface area contributed by atoms with Gasteiger partial charge in [0.2, 0.25) is 10.0 Å². The monoisotopic (exact) mass is 723 g/mol. The molecule has 0 saturated carbocycles. The molecule has 1 heterocycles. The largest absolute Gasteiger partial charge is 0.497 e. The molecule has 0 N–H and O–H groups in total. The van der Waals surface area contributed by atoms with Crippen LogP contribution in [0.3, 0.4) is 0 Å². The average Bonchev–Trinajstić information content (AvgIpc) is 3.33. The van der Waals surface area contributed by atoms with Gasteiger partial charge in [0.1, 0.15) is 16.7 Å². The Hall–Kier alpha value is -2.52. The van der Waals surface area contributed by atoms with Crippen LogP contribution in [-0.2, 0) is 55.9 Å². The summed E-state index contributed by atoms with van der Waals surface area (Å²) in [5.74, 6) is 0.643. The van der Waals surface area contributed by atoms with Crippen LogP contribution in [0.25, 0.3) is 0 Å². The zero-order valence-corrected chi connectivity index (χ0v) is 33.4. The molecule has 2 atom stereocenters. The highest BCUT2D eigenvalue weighted by Crippen LogP contribution is 2.48. The van der Waals surface area contributed by atoms with E-state index in [4.69, 9.17) is 33.1 Å². The van der Waals surface area contributed by atoms with Gasteiger partial charge in [-0.2, -0.15) is 4.31 Å². The smallest absolute Gasteiger partial charge is 0.315 e. The summed E-state index contributed by atoms with van der Waals surface area (Å²) in [5, 5.41) is -1.11. The molecule has 49 heavy (non-hydrogen) atoms. The number of rotatable bonds is 16. The maximum absolute atomic E-state index is 14.5. The molecule has 2 aromatic carbocycles. The molecule has 11 nitrogen and oxygen atoms in total. The quantitative estimate of drug-likeness (QED) is 0.0612. The molecule has 1 aliphatic rings. The van der Waals surface area contributed by atoms with E-state index in [0.29, 0.717) is 41.2 Å². The van der Waals surface area contributed by atoms with Gasteiger partial charge in [0.25, 0.3) is 0 Å². The van der Waals surface area contributed by atoms with Gasteiger partial charge in [-0.1, -0.05) is 46.8 Å². The number of ether oxygens (including phenoxy) is 4. The maximum atomic E-state index is 14.5. The van der Waals surface area contributed by atoms with Gasteiger partial charge in [-0.15, -0.1) is 0 Å². The second kappa shape index (κ2) is 15.8. The molecule has 0 unspecified atom stereocenters. The molecule has 1 fully saturated rings. The summed E-state index contributed by atoms with van der Waals surface area (Å²) in [4.78, 5) is 23.8. The second-order valence-corrected chi connectivity index (χ2v) is 22.2. The van der Waals surface area contributed by atoms with Crippen LogP contribution < -0.4 is 9.47 Å². The predicted molar refractivity (Wildman–Crippen MR) is 192 cm³/mol. The summed E-state index contributed by atoms with van der Waals surface area (Å²) < 4.78 is 59.8. The molecule has 0 radical (unpaired) electrons. The van der Waals surface area contributed by atoms with E-state index >= 15 is 0 Å². The summed E-state index contributed by atoms with van der Waals surface area (Å²) in [5.41, 5.74) is 0.755. The summed E-state index contributed by atoms with van der Waals surface area (Å²) in [6.07, 6.45) is -0.491. The van der Waals surface area contributed by atoms with Crippen molar-refractivity contribution in [2.45, 2.75) is 102 Å². The highest BCUT2D eigenvalue weighted by Gasteiger charge is 2.49. The van der Waals surface area contributed by atoms with Crippen molar-refractivity contribution in [2.24, 2.45) is 0 Å². The maximum Gasteiger partial charge on any atom is 0.315 e. The zero-order valence-electron chi connectivity index (χ0n) is 31.6. The van der Waals surface area contributed by atoms with Crippen LogP contribution >= 0.6 is 0 Å². The molecule has 0 aliphatic carbocycles. The third-order valence-electron chi connectivity index (χ3n) is 9.89. The summed E-state index contributed by atoms with van der Waals surface area (Å²) >= 11 is 0. The van der Waals surface area contributed by atoms with Crippen molar-refractivity contribution in [3.8, 4) is 11.5 Å². The van der Waals surface area contributed by atoms with Gasteiger partial charge >= 0.3 is 5.97 Å². The normalized spacial score (nSPS) is 17.9. The third kappa shape index (κ3) is 9.05. The first kappa shape index (κ1) is 40.9. The number of carbonyl (C=O) groups is 1. The minimum Gasteiger partial charge on any atom is -0.497 e. The van der Waals surface area contributed by atoms with Gasteiger partial charge in [-0.05, 0) is 73.8 Å². The molecule has 3 rings (SSSR count). The van der Waals surface area contributed by atoms with E-state index < -0.39 is 46.5 Å². The lowest BCUT2D eigenvalue weighted by atomic mass is 9.76. The molecule has 276 valence electrons. The Kier molecular flexibility index (Phi) is 13.2. The molecule has 13 heteroatoms. The minimum atomic E-state index is -3.85. The van der Waals surface area contributed by atoms with E-state index in [1.54, 1.807) is 21.0 Å². The lowest BCUT2D eigenvalue weighted by molar-refractivity contribution is -0.281. The van der Waals surface area contributed by atoms with Crippen molar-refractivity contribution >= 4 is 24.3 Å². The van der Waals surface area contributed by atoms with E-state index in [-0.39, 0.29) is 25.0 Å². The number of carbonyl (C=O) groups excluding carboxylic acids is 1. The van der Waals surface area contributed by atoms with E-state index in [0.717, 1.165) is 5.56 Å². The first-order valence-corrected chi connectivity index (χ1v) is 20.9. The van der Waals surface area contributed by atoms with Crippen LogP contribution in [0, 0.1) is 0 Å². The summed E-state index contributed by atoms with van der Waals surface area (Å²) in [6.45, 7) is 18.7. The Balaban J connectivity index is 2.32. The van der Waals surface area contributed by atoms with Crippen LogP contribution in [0.5, 0.6) is 11.5 Å². The SMILES string of the molecule is COCOc1c(C(C)(C)COOC)cc([C@@H](O[Si](C)(C)C(C)(C)C)[C@@H]2CCN(Cc3ccc(OC)cc3)S2(=O)=O)cc1C(C)(C)C(=O)OC. The number of hydrogen-bond donors (Lipinski definition) is 0. The minimum absolute atomic E-state index is 0.0843. The van der Waals surface area contributed by atoms with Crippen LogP contribution in [0.4, 0.5) is 0 Å². The third-order valence-corrected chi connectivity index (χ3v) is 16.6. The van der Waals surface area contributed by atoms with Crippen LogP contribution in [-0.4, -0.2) is 80.6 Å². The van der Waals surface area contributed by atoms with Gasteiger partial charge in [-0.25, -0.2) is 18.2 Å². The molecular formula is C36H57NO10SSi. The summed E-state index contributed by atoms with van der Waals surface area (Å²) in [7, 11) is -0.544.